The maximum atomic E-state index is 11.2. The lowest BCUT2D eigenvalue weighted by atomic mass is 9.97. The van der Waals surface area contributed by atoms with E-state index in [1.165, 1.54) is 6.07 Å². The lowest BCUT2D eigenvalue weighted by Gasteiger charge is -2.20. The van der Waals surface area contributed by atoms with Crippen LogP contribution in [0.15, 0.2) is 23.1 Å². The van der Waals surface area contributed by atoms with Gasteiger partial charge in [0.05, 0.1) is 4.90 Å². The van der Waals surface area contributed by atoms with E-state index >= 15 is 0 Å². The van der Waals surface area contributed by atoms with Crippen LogP contribution < -0.4 is 10.5 Å². The molecule has 1 aromatic carbocycles. The Morgan fingerprint density at radius 1 is 1.29 bits per heavy atom. The molecule has 0 atom stereocenters. The van der Waals surface area contributed by atoms with Crippen molar-refractivity contribution in [3.63, 3.8) is 0 Å². The number of hydrogen-bond acceptors (Lipinski definition) is 3. The van der Waals surface area contributed by atoms with Gasteiger partial charge in [0.25, 0.3) is 0 Å². The van der Waals surface area contributed by atoms with Crippen molar-refractivity contribution in [1.82, 2.24) is 0 Å². The zero-order valence-corrected chi connectivity index (χ0v) is 11.6. The Labute approximate surface area is 103 Å². The highest BCUT2D eigenvalue weighted by atomic mass is 32.2. The van der Waals surface area contributed by atoms with Gasteiger partial charge in [-0.05, 0) is 30.0 Å². The van der Waals surface area contributed by atoms with Crippen molar-refractivity contribution in [3.05, 3.63) is 23.8 Å². The minimum atomic E-state index is -3.64. The number of nitrogens with two attached hydrogens (primary N) is 1. The molecule has 0 aromatic heterocycles. The Morgan fingerprint density at radius 2 is 1.88 bits per heavy atom. The molecule has 0 fully saturated rings. The second-order valence-electron chi connectivity index (χ2n) is 5.44. The minimum Gasteiger partial charge on any atom is -0.384 e. The van der Waals surface area contributed by atoms with Crippen LogP contribution in [0, 0.1) is 12.3 Å². The molecule has 17 heavy (non-hydrogen) atoms. The van der Waals surface area contributed by atoms with Crippen LogP contribution >= 0.6 is 0 Å². The Bertz CT molecular complexity index is 502. The molecular weight excluding hydrogens is 236 g/mol. The summed E-state index contributed by atoms with van der Waals surface area (Å²) in [6, 6.07) is 4.86. The van der Waals surface area contributed by atoms with Gasteiger partial charge in [-0.25, -0.2) is 13.6 Å². The molecule has 0 radical (unpaired) electrons. The van der Waals surface area contributed by atoms with Gasteiger partial charge in [0.2, 0.25) is 10.0 Å². The fraction of sp³-hybridized carbons (Fsp3) is 0.500. The predicted octanol–water partition coefficient (Wildman–Crippen LogP) is 2.10. The number of aryl methyl sites for hydroxylation is 1. The average molecular weight is 256 g/mol. The van der Waals surface area contributed by atoms with E-state index in [0.29, 0.717) is 0 Å². The van der Waals surface area contributed by atoms with E-state index in [2.05, 4.69) is 26.1 Å². The molecule has 3 N–H and O–H groups in total. The molecule has 4 nitrogen and oxygen atoms in total. The van der Waals surface area contributed by atoms with Gasteiger partial charge in [0.15, 0.2) is 0 Å². The number of sulfonamides is 1. The Hall–Kier alpha value is -1.07. The molecule has 0 bridgehead atoms. The molecule has 0 aliphatic carbocycles. The van der Waals surface area contributed by atoms with Crippen molar-refractivity contribution < 1.29 is 8.42 Å². The number of nitrogens with one attached hydrogen (secondary N) is 1. The average Bonchev–Trinajstić information content (AvgIpc) is 2.13. The second kappa shape index (κ2) is 4.66. The molecule has 0 amide bonds. The van der Waals surface area contributed by atoms with Crippen LogP contribution in [0.3, 0.4) is 0 Å². The first-order chi connectivity index (χ1) is 7.59. The lowest BCUT2D eigenvalue weighted by molar-refractivity contribution is 0.443. The first-order valence-electron chi connectivity index (χ1n) is 5.47. The third-order valence-corrected chi connectivity index (χ3v) is 3.26. The van der Waals surface area contributed by atoms with Crippen molar-refractivity contribution in [1.29, 1.82) is 0 Å². The Balaban J connectivity index is 3.00. The van der Waals surface area contributed by atoms with E-state index in [9.17, 15) is 8.42 Å². The lowest BCUT2D eigenvalue weighted by Crippen LogP contribution is -2.20. The van der Waals surface area contributed by atoms with Crippen molar-refractivity contribution in [2.75, 3.05) is 11.9 Å². The SMILES string of the molecule is Cc1ccc(S(N)(=O)=O)cc1NCC(C)(C)C. The molecule has 0 heterocycles. The summed E-state index contributed by atoms with van der Waals surface area (Å²) in [5, 5.41) is 8.35. The molecule has 0 aliphatic heterocycles. The fourth-order valence-corrected chi connectivity index (χ4v) is 1.87. The van der Waals surface area contributed by atoms with E-state index in [4.69, 9.17) is 5.14 Å². The monoisotopic (exact) mass is 256 g/mol. The smallest absolute Gasteiger partial charge is 0.238 e. The fourth-order valence-electron chi connectivity index (χ4n) is 1.33. The van der Waals surface area contributed by atoms with Crippen molar-refractivity contribution in [2.45, 2.75) is 32.6 Å². The maximum absolute atomic E-state index is 11.2. The number of anilines is 1. The first kappa shape index (κ1) is 14.0. The molecule has 0 spiro atoms. The third kappa shape index (κ3) is 4.36. The van der Waals surface area contributed by atoms with Gasteiger partial charge in [0.1, 0.15) is 0 Å². The number of benzene rings is 1. The number of rotatable bonds is 3. The van der Waals surface area contributed by atoms with Gasteiger partial charge in [-0.3, -0.25) is 0 Å². The number of primary sulfonamides is 1. The van der Waals surface area contributed by atoms with Gasteiger partial charge in [-0.1, -0.05) is 26.8 Å². The Kier molecular flexibility index (Phi) is 3.84. The molecule has 96 valence electrons. The zero-order valence-electron chi connectivity index (χ0n) is 10.7. The molecule has 0 saturated heterocycles. The standard InChI is InChI=1S/C12H20N2O2S/c1-9-5-6-10(17(13,15)16)7-11(9)14-8-12(2,3)4/h5-7,14H,8H2,1-4H3,(H2,13,15,16). The highest BCUT2D eigenvalue weighted by Gasteiger charge is 2.13. The first-order valence-corrected chi connectivity index (χ1v) is 7.01. The van der Waals surface area contributed by atoms with Gasteiger partial charge < -0.3 is 5.32 Å². The van der Waals surface area contributed by atoms with Gasteiger partial charge >= 0.3 is 0 Å². The molecule has 1 rings (SSSR count). The highest BCUT2D eigenvalue weighted by Crippen LogP contribution is 2.21. The van der Waals surface area contributed by atoms with Crippen LogP contribution in [-0.2, 0) is 10.0 Å². The predicted molar refractivity (Wildman–Crippen MR) is 70.5 cm³/mol. The number of hydrogen-bond donors (Lipinski definition) is 2. The van der Waals surface area contributed by atoms with E-state index in [1.807, 2.05) is 6.92 Å². The van der Waals surface area contributed by atoms with Crippen LogP contribution in [0.1, 0.15) is 26.3 Å². The van der Waals surface area contributed by atoms with Crippen molar-refractivity contribution >= 4 is 15.7 Å². The summed E-state index contributed by atoms with van der Waals surface area (Å²) in [7, 11) is -3.64. The molecule has 0 unspecified atom stereocenters. The van der Waals surface area contributed by atoms with Crippen LogP contribution in [0.2, 0.25) is 0 Å². The summed E-state index contributed by atoms with van der Waals surface area (Å²) < 4.78 is 22.5. The Morgan fingerprint density at radius 3 is 2.35 bits per heavy atom. The molecule has 0 saturated carbocycles. The summed E-state index contributed by atoms with van der Waals surface area (Å²) in [4.78, 5) is 0.138. The van der Waals surface area contributed by atoms with Gasteiger partial charge in [-0.2, -0.15) is 0 Å². The van der Waals surface area contributed by atoms with Crippen LogP contribution in [-0.4, -0.2) is 15.0 Å². The summed E-state index contributed by atoms with van der Waals surface area (Å²) in [6.07, 6.45) is 0. The van der Waals surface area contributed by atoms with Crippen LogP contribution in [0.5, 0.6) is 0 Å². The summed E-state index contributed by atoms with van der Waals surface area (Å²) in [6.45, 7) is 9.02. The van der Waals surface area contributed by atoms with Crippen molar-refractivity contribution in [3.8, 4) is 0 Å². The van der Waals surface area contributed by atoms with Gasteiger partial charge in [0, 0.05) is 12.2 Å². The molecule has 1 aromatic rings. The zero-order chi connectivity index (χ0) is 13.3. The minimum absolute atomic E-state index is 0.129. The van der Waals surface area contributed by atoms with E-state index in [0.717, 1.165) is 17.8 Å². The summed E-state index contributed by atoms with van der Waals surface area (Å²) in [5.41, 5.74) is 1.94. The summed E-state index contributed by atoms with van der Waals surface area (Å²) >= 11 is 0. The van der Waals surface area contributed by atoms with E-state index in [-0.39, 0.29) is 10.3 Å². The van der Waals surface area contributed by atoms with Gasteiger partial charge in [-0.15, -0.1) is 0 Å². The second-order valence-corrected chi connectivity index (χ2v) is 7.00. The quantitative estimate of drug-likeness (QED) is 0.870. The third-order valence-electron chi connectivity index (χ3n) is 2.35. The van der Waals surface area contributed by atoms with Crippen LogP contribution in [0.25, 0.3) is 0 Å². The maximum Gasteiger partial charge on any atom is 0.238 e. The molecule has 0 aliphatic rings. The highest BCUT2D eigenvalue weighted by molar-refractivity contribution is 7.89. The molecular formula is C12H20N2O2S. The van der Waals surface area contributed by atoms with E-state index < -0.39 is 10.0 Å². The van der Waals surface area contributed by atoms with Crippen LogP contribution in [0.4, 0.5) is 5.69 Å². The molecule has 5 heteroatoms. The normalized spacial score (nSPS) is 12.5. The van der Waals surface area contributed by atoms with E-state index in [1.54, 1.807) is 12.1 Å². The van der Waals surface area contributed by atoms with Crippen molar-refractivity contribution in [2.24, 2.45) is 10.6 Å². The topological polar surface area (TPSA) is 72.2 Å². The largest absolute Gasteiger partial charge is 0.384 e. The summed E-state index contributed by atoms with van der Waals surface area (Å²) in [5.74, 6) is 0.